The third kappa shape index (κ3) is 97.6. The Kier molecular flexibility index (Phi) is 8.30. The molecule has 5 heavy (non-hydrogen) atoms. The van der Waals surface area contributed by atoms with Crippen LogP contribution in [-0.2, 0) is 0 Å². The van der Waals surface area contributed by atoms with Gasteiger partial charge in [0.1, 0.15) is 0 Å². The van der Waals surface area contributed by atoms with Gasteiger partial charge in [-0.1, -0.05) is 0 Å². The molecule has 0 spiro atoms. The van der Waals surface area contributed by atoms with Gasteiger partial charge in [-0.15, -0.1) is 0 Å². The molecule has 4 nitrogen and oxygen atoms in total. The average molecular weight is 206 g/mol. The first-order chi connectivity index (χ1) is 1.73. The molecule has 0 saturated carbocycles. The molecule has 0 rings (SSSR count). The van der Waals surface area contributed by atoms with Crippen LogP contribution in [0.3, 0.4) is 0 Å². The van der Waals surface area contributed by atoms with E-state index in [1.54, 1.807) is 0 Å². The maximum absolute atomic E-state index is 8.25. The number of rotatable bonds is 0. The fourth-order valence-corrected chi connectivity index (χ4v) is 0. The Morgan fingerprint density at radius 1 is 1.40 bits per heavy atom. The maximum Gasteiger partial charge on any atom is 3.00 e. The summed E-state index contributed by atoms with van der Waals surface area (Å²) in [5.74, 6) is 0. The normalized spacial score (nSPS) is 4.80. The zero-order chi connectivity index (χ0) is 3.58. The first-order valence-electron chi connectivity index (χ1n) is 0.548. The summed E-state index contributed by atoms with van der Waals surface area (Å²) in [6, 6.07) is 0. The summed E-state index contributed by atoms with van der Waals surface area (Å²) < 4.78 is 0. The summed E-state index contributed by atoms with van der Waals surface area (Å²) in [7, 11) is 0. The van der Waals surface area contributed by atoms with Gasteiger partial charge in [0, 0.05) is 0 Å². The summed E-state index contributed by atoms with van der Waals surface area (Å²) in [5.41, 5.74) is 0. The van der Waals surface area contributed by atoms with E-state index < -0.39 is 5.09 Å². The monoisotopic (exact) mass is 204 g/mol. The van der Waals surface area contributed by atoms with E-state index in [1.807, 2.05) is 0 Å². The van der Waals surface area contributed by atoms with Crippen molar-refractivity contribution in [3.63, 3.8) is 0 Å². The topological polar surface area (TPSA) is 66.2 Å². The molecular formula is NNdO3+2. The number of nitrogens with zero attached hydrogens (tertiary/aromatic N) is 1. The molecule has 0 bridgehead atoms. The molecule has 0 unspecified atom stereocenters. The van der Waals surface area contributed by atoms with Crippen molar-refractivity contribution in [2.45, 2.75) is 0 Å². The maximum atomic E-state index is 8.25. The summed E-state index contributed by atoms with van der Waals surface area (Å²) in [6.07, 6.45) is 0. The fraction of sp³-hybridized carbons (Fsp3) is 0. The van der Waals surface area contributed by atoms with Gasteiger partial charge in [-0.2, -0.15) is 0 Å². The van der Waals surface area contributed by atoms with Crippen LogP contribution in [0.1, 0.15) is 0 Å². The second-order valence-corrected chi connectivity index (χ2v) is 0.224. The van der Waals surface area contributed by atoms with E-state index in [9.17, 15) is 0 Å². The predicted molar refractivity (Wildman–Crippen MR) is 10.4 cm³/mol. The Hall–Kier alpha value is 0.551. The Labute approximate surface area is 60.8 Å². The van der Waals surface area contributed by atoms with Crippen LogP contribution >= 0.6 is 0 Å². The molecule has 0 atom stereocenters. The van der Waals surface area contributed by atoms with E-state index in [0.29, 0.717) is 0 Å². The van der Waals surface area contributed by atoms with Crippen LogP contribution in [0.2, 0.25) is 0 Å². The quantitative estimate of drug-likeness (QED) is 0.406. The average Bonchev–Trinajstić information content (AvgIpc) is 0.811. The van der Waals surface area contributed by atoms with Gasteiger partial charge < -0.3 is 15.3 Å². The van der Waals surface area contributed by atoms with Crippen molar-refractivity contribution < 1.29 is 45.9 Å². The second kappa shape index (κ2) is 4.55. The van der Waals surface area contributed by atoms with Gasteiger partial charge in [0.2, 0.25) is 0 Å². The minimum atomic E-state index is -1.75. The molecule has 0 N–H and O–H groups in total. The molecule has 25 valence electrons. The van der Waals surface area contributed by atoms with Crippen LogP contribution in [0.25, 0.3) is 0 Å². The summed E-state index contributed by atoms with van der Waals surface area (Å²) in [6.45, 7) is 0. The zero-order valence-electron chi connectivity index (χ0n) is 2.17. The molecule has 0 saturated heterocycles. The Bertz CT molecular complexity index is 29.9. The molecule has 0 amide bonds. The molecule has 0 fully saturated rings. The summed E-state index contributed by atoms with van der Waals surface area (Å²) in [4.78, 5) is 8.25. The van der Waals surface area contributed by atoms with Gasteiger partial charge in [-0.25, -0.2) is 0 Å². The van der Waals surface area contributed by atoms with E-state index in [-0.39, 0.29) is 40.8 Å². The molecule has 0 heterocycles. The van der Waals surface area contributed by atoms with Crippen molar-refractivity contribution in [1.29, 1.82) is 0 Å². The van der Waals surface area contributed by atoms with Gasteiger partial charge in [-0.05, 0) is 0 Å². The van der Waals surface area contributed by atoms with Crippen molar-refractivity contribution in [3.8, 4) is 0 Å². The summed E-state index contributed by atoms with van der Waals surface area (Å²) >= 11 is 0. The van der Waals surface area contributed by atoms with Crippen LogP contribution in [0.15, 0.2) is 0 Å². The largest absolute Gasteiger partial charge is 3.00 e. The van der Waals surface area contributed by atoms with Gasteiger partial charge in [0.25, 0.3) is 0 Å². The van der Waals surface area contributed by atoms with Crippen molar-refractivity contribution in [1.82, 2.24) is 0 Å². The van der Waals surface area contributed by atoms with Crippen LogP contribution in [0.5, 0.6) is 0 Å². The van der Waals surface area contributed by atoms with E-state index in [0.717, 1.165) is 0 Å². The van der Waals surface area contributed by atoms with Gasteiger partial charge in [-0.3, -0.25) is 0 Å². The van der Waals surface area contributed by atoms with Crippen LogP contribution in [0, 0.1) is 56.2 Å². The van der Waals surface area contributed by atoms with E-state index in [2.05, 4.69) is 0 Å². The third-order valence-electron chi connectivity index (χ3n) is 0. The molecule has 0 aliphatic carbocycles. The fourth-order valence-electron chi connectivity index (χ4n) is 0. The first kappa shape index (κ1) is 9.12. The van der Waals surface area contributed by atoms with Crippen molar-refractivity contribution in [2.75, 3.05) is 0 Å². The van der Waals surface area contributed by atoms with Crippen LogP contribution < -0.4 is 0 Å². The smallest absolute Gasteiger partial charge is 0.356 e. The molecule has 5 heteroatoms. The standard InChI is InChI=1S/NO3.Nd/c2-1(3)4;/q-1;+3. The minimum Gasteiger partial charge on any atom is -0.356 e. The van der Waals surface area contributed by atoms with Crippen molar-refractivity contribution in [2.24, 2.45) is 0 Å². The SMILES string of the molecule is O=[N+]([O-])[O-].[Nd+3]. The zero-order valence-corrected chi connectivity index (χ0v) is 5.38. The van der Waals surface area contributed by atoms with Crippen molar-refractivity contribution >= 4 is 0 Å². The Balaban J connectivity index is 0. The summed E-state index contributed by atoms with van der Waals surface area (Å²) in [5, 5.41) is 14.8. The number of hydrogen-bond acceptors (Lipinski definition) is 3. The molecule has 0 aromatic carbocycles. The van der Waals surface area contributed by atoms with E-state index >= 15 is 0 Å². The second-order valence-electron chi connectivity index (χ2n) is 0.224. The molecule has 0 aliphatic heterocycles. The van der Waals surface area contributed by atoms with Gasteiger partial charge >= 0.3 is 40.8 Å². The van der Waals surface area contributed by atoms with Gasteiger partial charge in [0.15, 0.2) is 0 Å². The molecule has 1 radical (unpaired) electrons. The van der Waals surface area contributed by atoms with Crippen molar-refractivity contribution in [3.05, 3.63) is 15.3 Å². The predicted octanol–water partition coefficient (Wildman–Crippen LogP) is -0.239. The molecule has 0 aromatic heterocycles. The Morgan fingerprint density at radius 2 is 1.40 bits per heavy atom. The van der Waals surface area contributed by atoms with E-state index in [1.165, 1.54) is 0 Å². The third-order valence-corrected chi connectivity index (χ3v) is 0. The van der Waals surface area contributed by atoms with Gasteiger partial charge in [0.05, 0.1) is 5.09 Å². The number of hydrogen-bond donors (Lipinski definition) is 0. The van der Waals surface area contributed by atoms with Crippen LogP contribution in [0.4, 0.5) is 0 Å². The molecule has 0 aliphatic rings. The van der Waals surface area contributed by atoms with Crippen LogP contribution in [-0.4, -0.2) is 5.09 Å². The first-order valence-corrected chi connectivity index (χ1v) is 0.548. The Morgan fingerprint density at radius 3 is 1.40 bits per heavy atom. The molecular weight excluding hydrogens is 206 g/mol. The van der Waals surface area contributed by atoms with E-state index in [4.69, 9.17) is 15.3 Å². The minimum absolute atomic E-state index is 0. The molecule has 0 aromatic rings.